The molecule has 1 N–H and O–H groups in total. The highest BCUT2D eigenvalue weighted by Gasteiger charge is 2.08. The molecule has 0 saturated heterocycles. The van der Waals surface area contributed by atoms with Gasteiger partial charge in [-0.15, -0.1) is 0 Å². The molecule has 18 heavy (non-hydrogen) atoms. The lowest BCUT2D eigenvalue weighted by molar-refractivity contribution is 0.192. The summed E-state index contributed by atoms with van der Waals surface area (Å²) in [6, 6.07) is 5.14. The Morgan fingerprint density at radius 3 is 2.72 bits per heavy atom. The Labute approximate surface area is 108 Å². The quantitative estimate of drug-likeness (QED) is 0.724. The molecule has 0 saturated carbocycles. The van der Waals surface area contributed by atoms with Crippen molar-refractivity contribution in [2.24, 2.45) is 0 Å². The first-order valence-electron chi connectivity index (χ1n) is 6.24. The molecule has 1 atom stereocenters. The molecular formula is C14H22FNO2. The van der Waals surface area contributed by atoms with Crippen LogP contribution in [0.3, 0.4) is 0 Å². The minimum atomic E-state index is -0.325. The highest BCUT2D eigenvalue weighted by molar-refractivity contribution is 5.31. The predicted molar refractivity (Wildman–Crippen MR) is 70.5 cm³/mol. The summed E-state index contributed by atoms with van der Waals surface area (Å²) in [7, 11) is 3.19. The standard InChI is InChI=1S/C14H22FNO2/c1-11(16-8-4-5-9-17-2)12-6-7-13(15)14(10-12)18-3/h6-7,10-11,16H,4-5,8-9H2,1-3H3. The zero-order chi connectivity index (χ0) is 13.4. The topological polar surface area (TPSA) is 30.5 Å². The summed E-state index contributed by atoms with van der Waals surface area (Å²) >= 11 is 0. The third kappa shape index (κ3) is 4.63. The second kappa shape index (κ2) is 8.06. The van der Waals surface area contributed by atoms with Crippen LogP contribution in [0.2, 0.25) is 0 Å². The summed E-state index contributed by atoms with van der Waals surface area (Å²) in [6.07, 6.45) is 2.11. The molecule has 3 nitrogen and oxygen atoms in total. The van der Waals surface area contributed by atoms with Crippen molar-refractivity contribution in [1.82, 2.24) is 5.32 Å². The Bertz CT molecular complexity index is 358. The molecule has 102 valence electrons. The number of hydrogen-bond acceptors (Lipinski definition) is 3. The van der Waals surface area contributed by atoms with Crippen molar-refractivity contribution in [1.29, 1.82) is 0 Å². The Kier molecular flexibility index (Phi) is 6.68. The fourth-order valence-electron chi connectivity index (χ4n) is 1.75. The Balaban J connectivity index is 2.43. The Hall–Kier alpha value is -1.13. The average molecular weight is 255 g/mol. The van der Waals surface area contributed by atoms with Gasteiger partial charge in [-0.1, -0.05) is 6.07 Å². The van der Waals surface area contributed by atoms with Crippen LogP contribution in [0, 0.1) is 5.82 Å². The summed E-state index contributed by atoms with van der Waals surface area (Å²) < 4.78 is 23.2. The van der Waals surface area contributed by atoms with Gasteiger partial charge in [-0.3, -0.25) is 0 Å². The van der Waals surface area contributed by atoms with Gasteiger partial charge in [0.25, 0.3) is 0 Å². The van der Waals surface area contributed by atoms with E-state index in [-0.39, 0.29) is 11.9 Å². The third-order valence-corrected chi connectivity index (χ3v) is 2.90. The number of methoxy groups -OCH3 is 2. The Morgan fingerprint density at radius 1 is 1.28 bits per heavy atom. The van der Waals surface area contributed by atoms with Crippen molar-refractivity contribution in [2.75, 3.05) is 27.4 Å². The molecule has 0 aliphatic carbocycles. The SMILES string of the molecule is COCCCCNC(C)c1ccc(F)c(OC)c1. The van der Waals surface area contributed by atoms with Crippen LogP contribution in [0.5, 0.6) is 5.75 Å². The van der Waals surface area contributed by atoms with Crippen molar-refractivity contribution in [3.8, 4) is 5.75 Å². The zero-order valence-corrected chi connectivity index (χ0v) is 11.3. The van der Waals surface area contributed by atoms with E-state index in [1.54, 1.807) is 19.2 Å². The molecule has 4 heteroatoms. The van der Waals surface area contributed by atoms with E-state index in [4.69, 9.17) is 9.47 Å². The first-order valence-corrected chi connectivity index (χ1v) is 6.24. The molecule has 0 bridgehead atoms. The molecule has 1 aromatic carbocycles. The van der Waals surface area contributed by atoms with Crippen molar-refractivity contribution < 1.29 is 13.9 Å². The summed E-state index contributed by atoms with van der Waals surface area (Å²) in [5.74, 6) is -0.0333. The molecule has 1 unspecified atom stereocenters. The molecule has 0 amide bonds. The highest BCUT2D eigenvalue weighted by Crippen LogP contribution is 2.22. The smallest absolute Gasteiger partial charge is 0.165 e. The van der Waals surface area contributed by atoms with E-state index in [1.165, 1.54) is 13.2 Å². The van der Waals surface area contributed by atoms with Gasteiger partial charge in [0.2, 0.25) is 0 Å². The van der Waals surface area contributed by atoms with E-state index in [9.17, 15) is 4.39 Å². The number of unbranched alkanes of at least 4 members (excludes halogenated alkanes) is 1. The van der Waals surface area contributed by atoms with Crippen LogP contribution < -0.4 is 10.1 Å². The number of halogens is 1. The van der Waals surface area contributed by atoms with Crippen LogP contribution in [0.4, 0.5) is 4.39 Å². The van der Waals surface area contributed by atoms with Gasteiger partial charge in [-0.25, -0.2) is 4.39 Å². The van der Waals surface area contributed by atoms with Crippen LogP contribution in [0.1, 0.15) is 31.4 Å². The van der Waals surface area contributed by atoms with E-state index in [0.29, 0.717) is 5.75 Å². The van der Waals surface area contributed by atoms with Gasteiger partial charge < -0.3 is 14.8 Å². The van der Waals surface area contributed by atoms with E-state index in [2.05, 4.69) is 12.2 Å². The molecule has 1 rings (SSSR count). The molecular weight excluding hydrogens is 233 g/mol. The average Bonchev–Trinajstić information content (AvgIpc) is 2.38. The molecule has 1 aromatic rings. The van der Waals surface area contributed by atoms with Gasteiger partial charge in [-0.2, -0.15) is 0 Å². The van der Waals surface area contributed by atoms with E-state index in [1.807, 2.05) is 0 Å². The predicted octanol–water partition coefficient (Wildman–Crippen LogP) is 2.91. The Morgan fingerprint density at radius 2 is 2.06 bits per heavy atom. The van der Waals surface area contributed by atoms with Gasteiger partial charge >= 0.3 is 0 Å². The maximum atomic E-state index is 13.3. The normalized spacial score (nSPS) is 12.4. The van der Waals surface area contributed by atoms with E-state index >= 15 is 0 Å². The van der Waals surface area contributed by atoms with Gasteiger partial charge in [0.15, 0.2) is 11.6 Å². The van der Waals surface area contributed by atoms with Gasteiger partial charge in [0, 0.05) is 19.8 Å². The van der Waals surface area contributed by atoms with E-state index in [0.717, 1.165) is 31.6 Å². The minimum Gasteiger partial charge on any atom is -0.494 e. The monoisotopic (exact) mass is 255 g/mol. The number of rotatable bonds is 8. The van der Waals surface area contributed by atoms with Gasteiger partial charge in [-0.05, 0) is 44.0 Å². The van der Waals surface area contributed by atoms with Gasteiger partial charge in [0.05, 0.1) is 7.11 Å². The maximum Gasteiger partial charge on any atom is 0.165 e. The fraction of sp³-hybridized carbons (Fsp3) is 0.571. The van der Waals surface area contributed by atoms with Crippen LogP contribution >= 0.6 is 0 Å². The zero-order valence-electron chi connectivity index (χ0n) is 11.3. The number of nitrogens with one attached hydrogen (secondary N) is 1. The lowest BCUT2D eigenvalue weighted by atomic mass is 10.1. The van der Waals surface area contributed by atoms with Crippen LogP contribution in [-0.4, -0.2) is 27.4 Å². The number of benzene rings is 1. The van der Waals surface area contributed by atoms with Gasteiger partial charge in [0.1, 0.15) is 0 Å². The van der Waals surface area contributed by atoms with Crippen LogP contribution in [0.25, 0.3) is 0 Å². The first-order chi connectivity index (χ1) is 8.69. The lowest BCUT2D eigenvalue weighted by Gasteiger charge is -2.15. The second-order valence-electron chi connectivity index (χ2n) is 4.27. The number of hydrogen-bond donors (Lipinski definition) is 1. The third-order valence-electron chi connectivity index (χ3n) is 2.90. The molecule has 0 heterocycles. The summed E-state index contributed by atoms with van der Waals surface area (Å²) in [4.78, 5) is 0. The minimum absolute atomic E-state index is 0.182. The van der Waals surface area contributed by atoms with E-state index < -0.39 is 0 Å². The fourth-order valence-corrected chi connectivity index (χ4v) is 1.75. The molecule has 0 fully saturated rings. The molecule has 0 aromatic heterocycles. The van der Waals surface area contributed by atoms with Crippen molar-refractivity contribution in [3.63, 3.8) is 0 Å². The lowest BCUT2D eigenvalue weighted by Crippen LogP contribution is -2.20. The van der Waals surface area contributed by atoms with Crippen molar-refractivity contribution >= 4 is 0 Å². The van der Waals surface area contributed by atoms with Crippen molar-refractivity contribution in [3.05, 3.63) is 29.6 Å². The molecule has 0 aliphatic rings. The second-order valence-corrected chi connectivity index (χ2v) is 4.27. The molecule has 0 aliphatic heterocycles. The maximum absolute atomic E-state index is 13.3. The molecule has 0 spiro atoms. The summed E-state index contributed by atoms with van der Waals surface area (Å²) in [5.41, 5.74) is 1.03. The van der Waals surface area contributed by atoms with Crippen LogP contribution in [0.15, 0.2) is 18.2 Å². The first kappa shape index (κ1) is 14.9. The summed E-state index contributed by atoms with van der Waals surface area (Å²) in [6.45, 7) is 3.77. The number of ether oxygens (including phenoxy) is 2. The highest BCUT2D eigenvalue weighted by atomic mass is 19.1. The summed E-state index contributed by atoms with van der Waals surface area (Å²) in [5, 5.41) is 3.40. The molecule has 0 radical (unpaired) electrons. The largest absolute Gasteiger partial charge is 0.494 e. The van der Waals surface area contributed by atoms with Crippen molar-refractivity contribution in [2.45, 2.75) is 25.8 Å². The van der Waals surface area contributed by atoms with Crippen LogP contribution in [-0.2, 0) is 4.74 Å².